The number of hydrogen-bond donors (Lipinski definition) is 1. The molecule has 0 spiro atoms. The molecular weight excluding hydrogens is 254 g/mol. The third kappa shape index (κ3) is 3.02. The van der Waals surface area contributed by atoms with E-state index in [2.05, 4.69) is 49.7 Å². The summed E-state index contributed by atoms with van der Waals surface area (Å²) in [7, 11) is 0. The molecule has 0 saturated heterocycles. The van der Waals surface area contributed by atoms with Gasteiger partial charge in [0.05, 0.1) is 0 Å². The van der Waals surface area contributed by atoms with Gasteiger partial charge in [-0.1, -0.05) is 28.1 Å². The zero-order chi connectivity index (χ0) is 10.5. The molecule has 0 aliphatic heterocycles. The van der Waals surface area contributed by atoms with E-state index in [1.54, 1.807) is 6.20 Å². The Bertz CT molecular complexity index is 431. The van der Waals surface area contributed by atoms with Crippen molar-refractivity contribution in [1.82, 2.24) is 9.97 Å². The van der Waals surface area contributed by atoms with Crippen molar-refractivity contribution < 1.29 is 0 Å². The third-order valence-corrected chi connectivity index (χ3v) is 2.39. The van der Waals surface area contributed by atoms with Crippen LogP contribution in [0.3, 0.4) is 0 Å². The second kappa shape index (κ2) is 4.89. The Morgan fingerprint density at radius 1 is 1.33 bits per heavy atom. The molecule has 2 aromatic rings. The van der Waals surface area contributed by atoms with Crippen molar-refractivity contribution in [2.75, 3.05) is 5.32 Å². The number of nitrogens with zero attached hydrogens (tertiary/aromatic N) is 2. The van der Waals surface area contributed by atoms with Crippen LogP contribution in [0.2, 0.25) is 0 Å². The number of nitrogens with one attached hydrogen (secondary N) is 1. The summed E-state index contributed by atoms with van der Waals surface area (Å²) < 4.78 is 1.08. The Morgan fingerprint density at radius 3 is 3.00 bits per heavy atom. The van der Waals surface area contributed by atoms with Gasteiger partial charge in [0, 0.05) is 17.2 Å². The Morgan fingerprint density at radius 2 is 2.27 bits per heavy atom. The number of halogens is 1. The van der Waals surface area contributed by atoms with Gasteiger partial charge in [0.1, 0.15) is 5.82 Å². The Kier molecular flexibility index (Phi) is 3.29. The molecule has 1 N–H and O–H groups in total. The second-order valence-corrected chi connectivity index (χ2v) is 3.94. The minimum atomic E-state index is 0.740. The van der Waals surface area contributed by atoms with Crippen molar-refractivity contribution in [1.29, 1.82) is 0 Å². The zero-order valence-corrected chi connectivity index (χ0v) is 9.53. The number of anilines is 1. The first kappa shape index (κ1) is 10.1. The first-order valence-electron chi connectivity index (χ1n) is 4.52. The minimum absolute atomic E-state index is 0.740. The molecule has 0 aliphatic rings. The van der Waals surface area contributed by atoms with E-state index >= 15 is 0 Å². The van der Waals surface area contributed by atoms with Crippen LogP contribution in [-0.2, 0) is 6.54 Å². The lowest BCUT2D eigenvalue weighted by Crippen LogP contribution is -2.01. The van der Waals surface area contributed by atoms with Gasteiger partial charge in [-0.15, -0.1) is 0 Å². The van der Waals surface area contributed by atoms with E-state index < -0.39 is 0 Å². The molecule has 1 heterocycles. The average Bonchev–Trinajstić information content (AvgIpc) is 2.28. The molecule has 3 nitrogen and oxygen atoms in total. The fourth-order valence-electron chi connectivity index (χ4n) is 1.20. The van der Waals surface area contributed by atoms with Crippen molar-refractivity contribution >= 4 is 21.7 Å². The van der Waals surface area contributed by atoms with E-state index in [-0.39, 0.29) is 0 Å². The molecule has 75 valence electrons. The molecule has 1 aromatic carbocycles. The highest BCUT2D eigenvalue weighted by molar-refractivity contribution is 9.10. The van der Waals surface area contributed by atoms with Crippen molar-refractivity contribution in [2.45, 2.75) is 6.54 Å². The average molecular weight is 263 g/mol. The molecule has 1 aromatic heterocycles. The summed E-state index contributed by atoms with van der Waals surface area (Å²) in [5.41, 5.74) is 1.20. The number of aromatic nitrogens is 2. The monoisotopic (exact) mass is 262 g/mol. The van der Waals surface area contributed by atoms with Gasteiger partial charge in [-0.3, -0.25) is 0 Å². The maximum atomic E-state index is 3.96. The van der Waals surface area contributed by atoms with Crippen molar-refractivity contribution in [3.05, 3.63) is 52.9 Å². The normalized spacial score (nSPS) is 9.93. The lowest BCUT2D eigenvalue weighted by atomic mass is 10.2. The smallest absolute Gasteiger partial charge is 0.199 e. The Hall–Kier alpha value is -1.42. The van der Waals surface area contributed by atoms with Crippen LogP contribution >= 0.6 is 15.9 Å². The van der Waals surface area contributed by atoms with Gasteiger partial charge < -0.3 is 5.32 Å². The topological polar surface area (TPSA) is 37.8 Å². The van der Waals surface area contributed by atoms with Crippen LogP contribution in [0.4, 0.5) is 5.82 Å². The van der Waals surface area contributed by atoms with E-state index in [1.165, 1.54) is 5.56 Å². The number of benzene rings is 1. The molecule has 0 amide bonds. The van der Waals surface area contributed by atoms with Gasteiger partial charge in [-0.25, -0.2) is 9.97 Å². The van der Waals surface area contributed by atoms with Crippen LogP contribution in [0.5, 0.6) is 0 Å². The summed E-state index contributed by atoms with van der Waals surface area (Å²) in [5.74, 6) is 0.782. The second-order valence-electron chi connectivity index (χ2n) is 3.03. The van der Waals surface area contributed by atoms with Gasteiger partial charge >= 0.3 is 0 Å². The predicted molar refractivity (Wildman–Crippen MR) is 62.3 cm³/mol. The molecule has 0 saturated carbocycles. The van der Waals surface area contributed by atoms with Gasteiger partial charge in [0.15, 0.2) is 6.33 Å². The fraction of sp³-hybridized carbons (Fsp3) is 0.0909. The maximum absolute atomic E-state index is 3.96. The first-order valence-corrected chi connectivity index (χ1v) is 5.31. The minimum Gasteiger partial charge on any atom is -0.366 e. The van der Waals surface area contributed by atoms with E-state index in [4.69, 9.17) is 0 Å². The predicted octanol–water partition coefficient (Wildman–Crippen LogP) is 2.65. The van der Waals surface area contributed by atoms with Crippen LogP contribution in [0.1, 0.15) is 5.56 Å². The highest BCUT2D eigenvalue weighted by atomic mass is 79.9. The van der Waals surface area contributed by atoms with E-state index in [9.17, 15) is 0 Å². The lowest BCUT2D eigenvalue weighted by Gasteiger charge is -2.04. The lowest BCUT2D eigenvalue weighted by molar-refractivity contribution is 1.07. The number of rotatable bonds is 3. The molecule has 0 bridgehead atoms. The van der Waals surface area contributed by atoms with Crippen LogP contribution in [0, 0.1) is 6.33 Å². The molecule has 0 unspecified atom stereocenters. The molecule has 2 rings (SSSR count). The SMILES string of the molecule is Brc1cccc(CNc2ccn[c]n2)c1. The molecule has 0 aliphatic carbocycles. The van der Waals surface area contributed by atoms with E-state index in [0.717, 1.165) is 16.8 Å². The highest BCUT2D eigenvalue weighted by Gasteiger charge is 1.95. The van der Waals surface area contributed by atoms with Crippen molar-refractivity contribution in [3.63, 3.8) is 0 Å². The van der Waals surface area contributed by atoms with Gasteiger partial charge in [0.2, 0.25) is 0 Å². The summed E-state index contributed by atoms with van der Waals surface area (Å²) in [6.45, 7) is 0.740. The standard InChI is InChI=1S/C11H9BrN3/c12-10-3-1-2-9(6-10)7-14-11-4-5-13-8-15-11/h1-6H,7H2,(H,13,14,15). The van der Waals surface area contributed by atoms with Crippen molar-refractivity contribution in [3.8, 4) is 0 Å². The highest BCUT2D eigenvalue weighted by Crippen LogP contribution is 2.12. The summed E-state index contributed by atoms with van der Waals surface area (Å²) in [6.07, 6.45) is 4.20. The number of hydrogen-bond acceptors (Lipinski definition) is 3. The van der Waals surface area contributed by atoms with Crippen LogP contribution < -0.4 is 5.32 Å². The molecule has 0 atom stereocenters. The Labute approximate surface area is 96.7 Å². The maximum Gasteiger partial charge on any atom is 0.199 e. The molecule has 4 heteroatoms. The molecule has 1 radical (unpaired) electrons. The summed E-state index contributed by atoms with van der Waals surface area (Å²) >= 11 is 3.43. The Balaban J connectivity index is 1.99. The fourth-order valence-corrected chi connectivity index (χ4v) is 1.65. The summed E-state index contributed by atoms with van der Waals surface area (Å²) in [4.78, 5) is 7.69. The molecule has 0 fully saturated rings. The van der Waals surface area contributed by atoms with E-state index in [0.29, 0.717) is 0 Å². The first-order chi connectivity index (χ1) is 7.34. The van der Waals surface area contributed by atoms with Gasteiger partial charge in [-0.2, -0.15) is 0 Å². The van der Waals surface area contributed by atoms with Gasteiger partial charge in [-0.05, 0) is 23.8 Å². The quantitative estimate of drug-likeness (QED) is 0.925. The molecular formula is C11H9BrN3. The third-order valence-electron chi connectivity index (χ3n) is 1.90. The van der Waals surface area contributed by atoms with Crippen molar-refractivity contribution in [2.24, 2.45) is 0 Å². The largest absolute Gasteiger partial charge is 0.366 e. The zero-order valence-electron chi connectivity index (χ0n) is 7.94. The van der Waals surface area contributed by atoms with Crippen LogP contribution in [0.25, 0.3) is 0 Å². The van der Waals surface area contributed by atoms with Crippen LogP contribution in [0.15, 0.2) is 41.0 Å². The van der Waals surface area contributed by atoms with E-state index in [1.807, 2.05) is 18.2 Å². The molecule has 15 heavy (non-hydrogen) atoms. The van der Waals surface area contributed by atoms with Gasteiger partial charge in [0.25, 0.3) is 0 Å². The summed E-state index contributed by atoms with van der Waals surface area (Å²) in [6, 6.07) is 9.95. The summed E-state index contributed by atoms with van der Waals surface area (Å²) in [5, 5.41) is 3.18. The van der Waals surface area contributed by atoms with Crippen LogP contribution in [-0.4, -0.2) is 9.97 Å².